The quantitative estimate of drug-likeness (QED) is 0.428. The molecule has 3 rings (SSSR count). The first kappa shape index (κ1) is 21.2. The molecule has 0 N–H and O–H groups in total. The number of rotatable bonds is 10. The van der Waals surface area contributed by atoms with Crippen LogP contribution in [0.4, 0.5) is 0 Å². The number of benzene rings is 1. The number of ether oxygens (including phenoxy) is 2. The summed E-state index contributed by atoms with van der Waals surface area (Å²) in [5, 5.41) is 0. The first-order chi connectivity index (χ1) is 13.7. The van der Waals surface area contributed by atoms with Crippen LogP contribution in [-0.4, -0.2) is 43.2 Å². The van der Waals surface area contributed by atoms with Gasteiger partial charge in [-0.3, -0.25) is 4.79 Å². The lowest BCUT2D eigenvalue weighted by Crippen LogP contribution is -2.40. The van der Waals surface area contributed by atoms with Crippen LogP contribution in [0.15, 0.2) is 18.2 Å². The Morgan fingerprint density at radius 3 is 2.82 bits per heavy atom. The Morgan fingerprint density at radius 1 is 1.14 bits per heavy atom. The van der Waals surface area contributed by atoms with Gasteiger partial charge in [0.1, 0.15) is 5.75 Å². The van der Waals surface area contributed by atoms with Crippen LogP contribution in [0.5, 0.6) is 5.75 Å². The number of esters is 1. The molecule has 0 radical (unpaired) electrons. The Kier molecular flexibility index (Phi) is 8.20. The molecule has 2 atom stereocenters. The van der Waals surface area contributed by atoms with Crippen LogP contribution in [0.2, 0.25) is 0 Å². The lowest BCUT2D eigenvalue weighted by atomic mass is 9.87. The Morgan fingerprint density at radius 2 is 2.04 bits per heavy atom. The number of hydrogen-bond donors (Lipinski definition) is 0. The molecule has 4 nitrogen and oxygen atoms in total. The Balaban J connectivity index is 1.49. The first-order valence-corrected chi connectivity index (χ1v) is 11.4. The van der Waals surface area contributed by atoms with Crippen molar-refractivity contribution in [3.63, 3.8) is 0 Å². The molecule has 2 aliphatic rings. The molecule has 1 fully saturated rings. The summed E-state index contributed by atoms with van der Waals surface area (Å²) < 4.78 is 10.9. The van der Waals surface area contributed by atoms with Crippen LogP contribution in [0.1, 0.15) is 69.9 Å². The predicted molar refractivity (Wildman–Crippen MR) is 113 cm³/mol. The molecule has 2 unspecified atom stereocenters. The van der Waals surface area contributed by atoms with E-state index in [1.807, 2.05) is 6.92 Å². The summed E-state index contributed by atoms with van der Waals surface area (Å²) in [6.45, 7) is 7.97. The van der Waals surface area contributed by atoms with Crippen molar-refractivity contribution in [2.24, 2.45) is 5.92 Å². The van der Waals surface area contributed by atoms with Gasteiger partial charge in [0.05, 0.1) is 19.1 Å². The summed E-state index contributed by atoms with van der Waals surface area (Å²) in [6.07, 6.45) is 10.1. The highest BCUT2D eigenvalue weighted by Crippen LogP contribution is 2.28. The molecular weight excluding hydrogens is 350 g/mol. The number of fused-ring (bicyclic) bond motifs is 1. The van der Waals surface area contributed by atoms with Gasteiger partial charge in [-0.25, -0.2) is 0 Å². The van der Waals surface area contributed by atoms with Gasteiger partial charge in [-0.2, -0.15) is 0 Å². The number of cyclic esters (lactones) is 1. The van der Waals surface area contributed by atoms with E-state index < -0.39 is 0 Å². The highest BCUT2D eigenvalue weighted by atomic mass is 16.5. The molecule has 0 saturated carbocycles. The molecule has 0 amide bonds. The fraction of sp³-hybridized carbons (Fsp3) is 0.708. The lowest BCUT2D eigenvalue weighted by Gasteiger charge is -2.35. The molecule has 28 heavy (non-hydrogen) atoms. The van der Waals surface area contributed by atoms with E-state index in [-0.39, 0.29) is 11.9 Å². The van der Waals surface area contributed by atoms with Crippen LogP contribution in [0.25, 0.3) is 0 Å². The summed E-state index contributed by atoms with van der Waals surface area (Å²) in [7, 11) is 0. The van der Waals surface area contributed by atoms with Gasteiger partial charge in [0.15, 0.2) is 0 Å². The van der Waals surface area contributed by atoms with E-state index in [2.05, 4.69) is 30.0 Å². The molecular formula is C24H37NO3. The van der Waals surface area contributed by atoms with Crippen molar-refractivity contribution in [1.82, 2.24) is 4.90 Å². The number of hydrogen-bond acceptors (Lipinski definition) is 4. The van der Waals surface area contributed by atoms with E-state index >= 15 is 0 Å². The van der Waals surface area contributed by atoms with E-state index in [1.54, 1.807) is 0 Å². The second-order valence-corrected chi connectivity index (χ2v) is 8.30. The molecule has 1 aliphatic heterocycles. The van der Waals surface area contributed by atoms with Crippen molar-refractivity contribution in [2.45, 2.75) is 77.7 Å². The highest BCUT2D eigenvalue weighted by molar-refractivity contribution is 5.72. The molecule has 1 aromatic rings. The van der Waals surface area contributed by atoms with Gasteiger partial charge in [-0.05, 0) is 94.6 Å². The number of carbonyl (C=O) groups excluding carboxylic acids is 1. The maximum Gasteiger partial charge on any atom is 0.308 e. The lowest BCUT2D eigenvalue weighted by molar-refractivity contribution is -0.153. The van der Waals surface area contributed by atoms with Gasteiger partial charge in [0, 0.05) is 6.04 Å². The second kappa shape index (κ2) is 10.8. The van der Waals surface area contributed by atoms with Crippen molar-refractivity contribution in [1.29, 1.82) is 0 Å². The average molecular weight is 388 g/mol. The minimum atomic E-state index is 0.0342. The molecule has 1 heterocycles. The van der Waals surface area contributed by atoms with Crippen molar-refractivity contribution >= 4 is 5.97 Å². The summed E-state index contributed by atoms with van der Waals surface area (Å²) >= 11 is 0. The van der Waals surface area contributed by atoms with E-state index in [1.165, 1.54) is 36.9 Å². The summed E-state index contributed by atoms with van der Waals surface area (Å²) in [6, 6.07) is 7.27. The van der Waals surface area contributed by atoms with Gasteiger partial charge < -0.3 is 14.4 Å². The normalized spacial score (nSPS) is 22.0. The summed E-state index contributed by atoms with van der Waals surface area (Å²) in [5.41, 5.74) is 2.96. The van der Waals surface area contributed by atoms with Gasteiger partial charge in [-0.1, -0.05) is 19.4 Å². The minimum absolute atomic E-state index is 0.0342. The topological polar surface area (TPSA) is 38.8 Å². The largest absolute Gasteiger partial charge is 0.494 e. The third kappa shape index (κ3) is 5.73. The monoisotopic (exact) mass is 387 g/mol. The second-order valence-electron chi connectivity index (χ2n) is 8.30. The van der Waals surface area contributed by atoms with Gasteiger partial charge >= 0.3 is 5.97 Å². The van der Waals surface area contributed by atoms with Gasteiger partial charge in [0.25, 0.3) is 0 Å². The molecule has 1 aliphatic carbocycles. The Labute approximate surface area is 170 Å². The molecule has 1 aromatic carbocycles. The van der Waals surface area contributed by atoms with Gasteiger partial charge in [-0.15, -0.1) is 0 Å². The number of nitrogens with zero attached hydrogens (tertiary/aromatic N) is 1. The van der Waals surface area contributed by atoms with Crippen LogP contribution < -0.4 is 4.74 Å². The van der Waals surface area contributed by atoms with E-state index in [0.717, 1.165) is 57.4 Å². The van der Waals surface area contributed by atoms with Crippen LogP contribution >= 0.6 is 0 Å². The number of aryl methyl sites for hydroxylation is 1. The minimum Gasteiger partial charge on any atom is -0.494 e. The van der Waals surface area contributed by atoms with Crippen molar-refractivity contribution in [3.05, 3.63) is 29.3 Å². The van der Waals surface area contributed by atoms with Crippen LogP contribution in [0.3, 0.4) is 0 Å². The van der Waals surface area contributed by atoms with E-state index in [4.69, 9.17) is 9.47 Å². The van der Waals surface area contributed by atoms with Crippen molar-refractivity contribution < 1.29 is 14.3 Å². The Bertz CT molecular complexity index is 630. The average Bonchev–Trinajstić information content (AvgIpc) is 2.71. The van der Waals surface area contributed by atoms with Gasteiger partial charge in [0.2, 0.25) is 0 Å². The zero-order valence-electron chi connectivity index (χ0n) is 17.8. The van der Waals surface area contributed by atoms with Crippen LogP contribution in [0, 0.1) is 5.92 Å². The maximum absolute atomic E-state index is 11.8. The predicted octanol–water partition coefficient (Wildman–Crippen LogP) is 4.78. The summed E-state index contributed by atoms with van der Waals surface area (Å²) in [5.74, 6) is 1.19. The Hall–Kier alpha value is -1.55. The van der Waals surface area contributed by atoms with Crippen molar-refractivity contribution in [2.75, 3.05) is 26.3 Å². The van der Waals surface area contributed by atoms with E-state index in [9.17, 15) is 4.79 Å². The smallest absolute Gasteiger partial charge is 0.308 e. The van der Waals surface area contributed by atoms with Crippen LogP contribution in [-0.2, 0) is 22.4 Å². The molecule has 0 spiro atoms. The fourth-order valence-electron chi connectivity index (χ4n) is 4.75. The highest BCUT2D eigenvalue weighted by Gasteiger charge is 2.25. The summed E-state index contributed by atoms with van der Waals surface area (Å²) in [4.78, 5) is 14.5. The zero-order valence-corrected chi connectivity index (χ0v) is 17.8. The molecule has 4 heteroatoms. The SMILES string of the molecule is CCCN(CCCCC1CCCOC1=O)C1CCc2cc(OCC)ccc2C1. The molecule has 156 valence electrons. The number of carbonyl (C=O) groups is 1. The molecule has 0 aromatic heterocycles. The fourth-order valence-corrected chi connectivity index (χ4v) is 4.75. The molecule has 1 saturated heterocycles. The third-order valence-corrected chi connectivity index (χ3v) is 6.24. The van der Waals surface area contributed by atoms with E-state index in [0.29, 0.717) is 12.6 Å². The van der Waals surface area contributed by atoms with Crippen molar-refractivity contribution in [3.8, 4) is 5.75 Å². The first-order valence-electron chi connectivity index (χ1n) is 11.4. The zero-order chi connectivity index (χ0) is 19.8. The standard InChI is InChI=1S/C24H37NO3/c1-3-14-25(15-6-5-8-19-9-7-16-28-24(19)26)22-12-10-21-18-23(27-4-2)13-11-20(21)17-22/h11,13,18-19,22H,3-10,12,14-17H2,1-2H3. The maximum atomic E-state index is 11.8. The number of unbranched alkanes of at least 4 members (excludes halogenated alkanes) is 1. The third-order valence-electron chi connectivity index (χ3n) is 6.24. The molecule has 0 bridgehead atoms.